The van der Waals surface area contributed by atoms with Gasteiger partial charge in [0, 0.05) is 19.0 Å². The van der Waals surface area contributed by atoms with Crippen molar-refractivity contribution in [1.29, 1.82) is 0 Å². The summed E-state index contributed by atoms with van der Waals surface area (Å²) in [6.07, 6.45) is 3.58. The van der Waals surface area contributed by atoms with Crippen molar-refractivity contribution >= 4 is 0 Å². The Balaban J connectivity index is 2.63. The normalized spacial score (nSPS) is 12.0. The van der Waals surface area contributed by atoms with Gasteiger partial charge in [0.1, 0.15) is 12.4 Å². The minimum Gasteiger partial charge on any atom is -0.389 e. The molecule has 0 aliphatic heterocycles. The summed E-state index contributed by atoms with van der Waals surface area (Å²) in [6.45, 7) is 7.21. The van der Waals surface area contributed by atoms with E-state index in [0.717, 1.165) is 5.82 Å². The van der Waals surface area contributed by atoms with Gasteiger partial charge in [-0.1, -0.05) is 0 Å². The van der Waals surface area contributed by atoms with Gasteiger partial charge < -0.3 is 14.4 Å². The van der Waals surface area contributed by atoms with Crippen LogP contribution in [0.1, 0.15) is 26.6 Å². The van der Waals surface area contributed by atoms with Gasteiger partial charge in [0.05, 0.1) is 12.1 Å². The van der Waals surface area contributed by atoms with E-state index in [1.807, 2.05) is 17.7 Å². The monoisotopic (exact) mass is 198 g/mol. The molecule has 80 valence electrons. The second-order valence-corrected chi connectivity index (χ2v) is 3.92. The maximum atomic E-state index is 9.65. The first-order valence-corrected chi connectivity index (χ1v) is 4.83. The van der Waals surface area contributed by atoms with Crippen LogP contribution in [0.4, 0.5) is 0 Å². The summed E-state index contributed by atoms with van der Waals surface area (Å²) in [5, 5.41) is 9.65. The molecule has 0 bridgehead atoms. The number of hydrogen-bond acceptors (Lipinski definition) is 3. The van der Waals surface area contributed by atoms with E-state index in [9.17, 15) is 5.11 Å². The Morgan fingerprint density at radius 2 is 2.29 bits per heavy atom. The van der Waals surface area contributed by atoms with Crippen LogP contribution in [-0.4, -0.2) is 26.9 Å². The van der Waals surface area contributed by atoms with Gasteiger partial charge in [-0.3, -0.25) is 0 Å². The van der Waals surface area contributed by atoms with Crippen LogP contribution in [-0.2, 0) is 17.9 Å². The summed E-state index contributed by atoms with van der Waals surface area (Å²) in [5.41, 5.74) is -0.721. The van der Waals surface area contributed by atoms with Gasteiger partial charge in [0.15, 0.2) is 0 Å². The first-order chi connectivity index (χ1) is 6.53. The third kappa shape index (κ3) is 3.47. The highest BCUT2D eigenvalue weighted by atomic mass is 16.5. The first kappa shape index (κ1) is 11.2. The Bertz CT molecular complexity index is 276. The lowest BCUT2D eigenvalue weighted by Gasteiger charge is -2.19. The SMILES string of the molecule is CCOCc1nccn1CC(C)(C)O. The molecule has 0 amide bonds. The number of aliphatic hydroxyl groups is 1. The molecule has 4 nitrogen and oxygen atoms in total. The van der Waals surface area contributed by atoms with E-state index >= 15 is 0 Å². The van der Waals surface area contributed by atoms with Crippen molar-refractivity contribution in [2.45, 2.75) is 39.5 Å². The number of aromatic nitrogens is 2. The molecular weight excluding hydrogens is 180 g/mol. The van der Waals surface area contributed by atoms with Crippen molar-refractivity contribution in [1.82, 2.24) is 9.55 Å². The summed E-state index contributed by atoms with van der Waals surface area (Å²) >= 11 is 0. The van der Waals surface area contributed by atoms with Crippen LogP contribution in [0.2, 0.25) is 0 Å². The van der Waals surface area contributed by atoms with Crippen molar-refractivity contribution in [3.05, 3.63) is 18.2 Å². The molecule has 0 saturated heterocycles. The van der Waals surface area contributed by atoms with Gasteiger partial charge in [0.25, 0.3) is 0 Å². The highest BCUT2D eigenvalue weighted by molar-refractivity contribution is 4.92. The molecule has 1 aromatic heterocycles. The zero-order valence-electron chi connectivity index (χ0n) is 9.03. The maximum absolute atomic E-state index is 9.65. The molecule has 0 aliphatic rings. The summed E-state index contributed by atoms with van der Waals surface area (Å²) in [7, 11) is 0. The molecule has 1 N–H and O–H groups in total. The average molecular weight is 198 g/mol. The van der Waals surface area contributed by atoms with Crippen LogP contribution in [0, 0.1) is 0 Å². The summed E-state index contributed by atoms with van der Waals surface area (Å²) < 4.78 is 7.18. The molecule has 0 fully saturated rings. The Labute approximate surface area is 84.5 Å². The molecule has 0 saturated carbocycles. The number of nitrogens with zero attached hydrogens (tertiary/aromatic N) is 2. The molecular formula is C10H18N2O2. The van der Waals surface area contributed by atoms with Gasteiger partial charge >= 0.3 is 0 Å². The highest BCUT2D eigenvalue weighted by Crippen LogP contribution is 2.08. The molecule has 0 aliphatic carbocycles. The molecule has 1 rings (SSSR count). The fourth-order valence-corrected chi connectivity index (χ4v) is 1.23. The predicted molar refractivity (Wildman–Crippen MR) is 53.9 cm³/mol. The molecule has 14 heavy (non-hydrogen) atoms. The van der Waals surface area contributed by atoms with Gasteiger partial charge in [-0.25, -0.2) is 4.98 Å². The van der Waals surface area contributed by atoms with Gasteiger partial charge in [-0.15, -0.1) is 0 Å². The van der Waals surface area contributed by atoms with Crippen molar-refractivity contribution in [3.8, 4) is 0 Å². The van der Waals surface area contributed by atoms with Crippen molar-refractivity contribution in [2.24, 2.45) is 0 Å². The van der Waals surface area contributed by atoms with Crippen LogP contribution >= 0.6 is 0 Å². The molecule has 1 aromatic rings. The van der Waals surface area contributed by atoms with Crippen LogP contribution < -0.4 is 0 Å². The van der Waals surface area contributed by atoms with E-state index in [4.69, 9.17) is 4.74 Å². The topological polar surface area (TPSA) is 47.3 Å². The summed E-state index contributed by atoms with van der Waals surface area (Å²) in [6, 6.07) is 0. The number of rotatable bonds is 5. The van der Waals surface area contributed by atoms with E-state index in [1.54, 1.807) is 20.0 Å². The zero-order valence-corrected chi connectivity index (χ0v) is 9.03. The lowest BCUT2D eigenvalue weighted by atomic mass is 10.1. The molecule has 0 spiro atoms. The third-order valence-electron chi connectivity index (χ3n) is 1.79. The third-order valence-corrected chi connectivity index (χ3v) is 1.79. The van der Waals surface area contributed by atoms with E-state index in [2.05, 4.69) is 4.98 Å². The summed E-state index contributed by atoms with van der Waals surface area (Å²) in [4.78, 5) is 4.16. The minimum absolute atomic E-state index is 0.500. The Hall–Kier alpha value is -0.870. The van der Waals surface area contributed by atoms with Crippen molar-refractivity contribution in [2.75, 3.05) is 6.61 Å². The largest absolute Gasteiger partial charge is 0.389 e. The first-order valence-electron chi connectivity index (χ1n) is 4.83. The number of imidazole rings is 1. The Morgan fingerprint density at radius 3 is 2.86 bits per heavy atom. The smallest absolute Gasteiger partial charge is 0.134 e. The van der Waals surface area contributed by atoms with Gasteiger partial charge in [-0.2, -0.15) is 0 Å². The lowest BCUT2D eigenvalue weighted by Crippen LogP contribution is -2.26. The van der Waals surface area contributed by atoms with Crippen molar-refractivity contribution in [3.63, 3.8) is 0 Å². The molecule has 1 heterocycles. The van der Waals surface area contributed by atoms with Gasteiger partial charge in [0.2, 0.25) is 0 Å². The average Bonchev–Trinajstić information content (AvgIpc) is 2.45. The predicted octanol–water partition coefficient (Wildman–Crippen LogP) is 1.19. The molecule has 0 aromatic carbocycles. The fourth-order valence-electron chi connectivity index (χ4n) is 1.23. The highest BCUT2D eigenvalue weighted by Gasteiger charge is 2.15. The standard InChI is InChI=1S/C10H18N2O2/c1-4-14-7-9-11-5-6-12(9)8-10(2,3)13/h5-6,13H,4,7-8H2,1-3H3. The second-order valence-electron chi connectivity index (χ2n) is 3.92. The molecule has 4 heteroatoms. The fraction of sp³-hybridized carbons (Fsp3) is 0.700. The second kappa shape index (κ2) is 4.57. The Kier molecular flexibility index (Phi) is 3.66. The number of hydrogen-bond donors (Lipinski definition) is 1. The van der Waals surface area contributed by atoms with Crippen LogP contribution in [0.3, 0.4) is 0 Å². The summed E-state index contributed by atoms with van der Waals surface area (Å²) in [5.74, 6) is 0.856. The quantitative estimate of drug-likeness (QED) is 0.773. The van der Waals surface area contributed by atoms with Crippen LogP contribution in [0.15, 0.2) is 12.4 Å². The minimum atomic E-state index is -0.721. The molecule has 0 atom stereocenters. The lowest BCUT2D eigenvalue weighted by molar-refractivity contribution is 0.0569. The van der Waals surface area contributed by atoms with Crippen LogP contribution in [0.25, 0.3) is 0 Å². The zero-order chi connectivity index (χ0) is 10.6. The van der Waals surface area contributed by atoms with E-state index in [1.165, 1.54) is 0 Å². The maximum Gasteiger partial charge on any atom is 0.134 e. The Morgan fingerprint density at radius 1 is 1.57 bits per heavy atom. The van der Waals surface area contributed by atoms with E-state index < -0.39 is 5.60 Å². The van der Waals surface area contributed by atoms with Crippen molar-refractivity contribution < 1.29 is 9.84 Å². The van der Waals surface area contributed by atoms with E-state index in [-0.39, 0.29) is 0 Å². The molecule has 0 unspecified atom stereocenters. The van der Waals surface area contributed by atoms with E-state index in [0.29, 0.717) is 19.8 Å². The molecule has 0 radical (unpaired) electrons. The van der Waals surface area contributed by atoms with Gasteiger partial charge in [-0.05, 0) is 20.8 Å². The number of ether oxygens (including phenoxy) is 1. The van der Waals surface area contributed by atoms with Crippen LogP contribution in [0.5, 0.6) is 0 Å².